The van der Waals surface area contributed by atoms with Crippen LogP contribution in [0.4, 0.5) is 4.79 Å². The molecular weight excluding hydrogens is 208 g/mol. The molecule has 0 aromatic rings. The van der Waals surface area contributed by atoms with E-state index in [1.807, 2.05) is 0 Å². The first-order valence-electron chi connectivity index (χ1n) is 5.71. The largest absolute Gasteiger partial charge is 0.505 e. The maximum Gasteiger partial charge on any atom is 0.505 e. The van der Waals surface area contributed by atoms with Crippen LogP contribution in [0.2, 0.25) is 18.6 Å². The van der Waals surface area contributed by atoms with Gasteiger partial charge in [-0.3, -0.25) is 0 Å². The molecule has 1 N–H and O–H groups in total. The summed E-state index contributed by atoms with van der Waals surface area (Å²) in [6.07, 6.45) is 1.88. The van der Waals surface area contributed by atoms with Crippen LogP contribution in [0.25, 0.3) is 0 Å². The second-order valence-electron chi connectivity index (χ2n) is 4.99. The van der Waals surface area contributed by atoms with Gasteiger partial charge in [0.1, 0.15) is 0 Å². The van der Waals surface area contributed by atoms with Gasteiger partial charge in [-0.2, -0.15) is 0 Å². The molecule has 90 valence electrons. The number of hydrogen-bond acceptors (Lipinski definition) is 2. The van der Waals surface area contributed by atoms with Crippen LogP contribution in [0.1, 0.15) is 40.0 Å². The summed E-state index contributed by atoms with van der Waals surface area (Å²) in [5.41, 5.74) is 0.480. The van der Waals surface area contributed by atoms with Gasteiger partial charge >= 0.3 is 6.16 Å². The second kappa shape index (κ2) is 6.15. The molecule has 0 aromatic carbocycles. The summed E-state index contributed by atoms with van der Waals surface area (Å²) in [7, 11) is -1.61. The summed E-state index contributed by atoms with van der Waals surface area (Å²) >= 11 is 0. The van der Waals surface area contributed by atoms with Gasteiger partial charge in [-0.1, -0.05) is 46.7 Å². The molecule has 0 rings (SSSR count). The first kappa shape index (κ1) is 14.5. The highest BCUT2D eigenvalue weighted by atomic mass is 28.3. The summed E-state index contributed by atoms with van der Waals surface area (Å²) < 4.78 is 5.06. The van der Waals surface area contributed by atoms with E-state index < -0.39 is 14.2 Å². The van der Waals surface area contributed by atoms with Crippen LogP contribution < -0.4 is 0 Å². The van der Waals surface area contributed by atoms with Gasteiger partial charge in [-0.15, -0.1) is 0 Å². The van der Waals surface area contributed by atoms with Crippen LogP contribution in [-0.4, -0.2) is 25.1 Å². The molecule has 3 nitrogen and oxygen atoms in total. The number of hydrogen-bond donors (Lipinski definition) is 1. The number of carbonyl (C=O) groups is 1. The van der Waals surface area contributed by atoms with Crippen LogP contribution in [0.15, 0.2) is 0 Å². The Labute approximate surface area is 93.8 Å². The van der Waals surface area contributed by atoms with Gasteiger partial charge in [-0.25, -0.2) is 4.79 Å². The van der Waals surface area contributed by atoms with Crippen molar-refractivity contribution in [3.8, 4) is 0 Å². The summed E-state index contributed by atoms with van der Waals surface area (Å²) in [6.45, 7) is 10.9. The maximum absolute atomic E-state index is 10.6. The predicted molar refractivity (Wildman–Crippen MR) is 65.0 cm³/mol. The quantitative estimate of drug-likeness (QED) is 0.558. The fourth-order valence-electron chi connectivity index (χ4n) is 1.47. The molecule has 0 aliphatic heterocycles. The van der Waals surface area contributed by atoms with Crippen molar-refractivity contribution in [2.45, 2.75) is 64.4 Å². The number of rotatable bonds is 6. The van der Waals surface area contributed by atoms with Gasteiger partial charge in [-0.05, 0) is 12.0 Å². The highest BCUT2D eigenvalue weighted by molar-refractivity contribution is 6.79. The summed E-state index contributed by atoms with van der Waals surface area (Å²) in [4.78, 5) is 10.6. The Morgan fingerprint density at radius 3 is 2.27 bits per heavy atom. The second-order valence-corrected chi connectivity index (χ2v) is 10.4. The van der Waals surface area contributed by atoms with E-state index in [-0.39, 0.29) is 5.73 Å². The number of unbranched alkanes of at least 4 members (excludes halogenated alkanes) is 1. The minimum Gasteiger partial charge on any atom is -0.450 e. The average molecular weight is 232 g/mol. The molecule has 0 heterocycles. The highest BCUT2D eigenvalue weighted by Gasteiger charge is 2.37. The fraction of sp³-hybridized carbons (Fsp3) is 0.909. The van der Waals surface area contributed by atoms with E-state index in [9.17, 15) is 4.79 Å². The van der Waals surface area contributed by atoms with Gasteiger partial charge < -0.3 is 9.84 Å². The van der Waals surface area contributed by atoms with E-state index in [0.717, 1.165) is 19.3 Å². The third kappa shape index (κ3) is 4.69. The van der Waals surface area contributed by atoms with Crippen molar-refractivity contribution in [2.75, 3.05) is 0 Å². The van der Waals surface area contributed by atoms with Gasteiger partial charge in [0.2, 0.25) is 0 Å². The lowest BCUT2D eigenvalue weighted by molar-refractivity contribution is 0.0721. The number of carboxylic acid groups (broad SMARTS) is 1. The van der Waals surface area contributed by atoms with Crippen LogP contribution in [-0.2, 0) is 4.74 Å². The molecule has 0 amide bonds. The summed E-state index contributed by atoms with van der Waals surface area (Å²) in [6, 6.07) is 0. The Hall–Kier alpha value is -0.513. The zero-order valence-electron chi connectivity index (χ0n) is 10.5. The van der Waals surface area contributed by atoms with E-state index in [1.54, 1.807) is 0 Å². The lowest BCUT2D eigenvalue weighted by Gasteiger charge is -2.34. The Morgan fingerprint density at radius 1 is 1.40 bits per heavy atom. The van der Waals surface area contributed by atoms with Gasteiger partial charge in [0, 0.05) is 0 Å². The Morgan fingerprint density at radius 2 is 1.93 bits per heavy atom. The lowest BCUT2D eigenvalue weighted by atomic mass is 10.3. The molecule has 0 fully saturated rings. The normalized spacial score (nSPS) is 14.0. The van der Waals surface area contributed by atoms with Crippen molar-refractivity contribution in [1.29, 1.82) is 0 Å². The van der Waals surface area contributed by atoms with Crippen molar-refractivity contribution in [3.05, 3.63) is 0 Å². The lowest BCUT2D eigenvalue weighted by Crippen LogP contribution is -2.46. The van der Waals surface area contributed by atoms with E-state index in [4.69, 9.17) is 9.84 Å². The van der Waals surface area contributed by atoms with Gasteiger partial charge in [0.05, 0.1) is 13.8 Å². The highest BCUT2D eigenvalue weighted by Crippen LogP contribution is 2.28. The van der Waals surface area contributed by atoms with Crippen molar-refractivity contribution < 1.29 is 14.6 Å². The molecule has 0 saturated heterocycles. The topological polar surface area (TPSA) is 46.5 Å². The van der Waals surface area contributed by atoms with E-state index in [0.29, 0.717) is 5.54 Å². The third-order valence-electron chi connectivity index (χ3n) is 3.38. The van der Waals surface area contributed by atoms with Crippen LogP contribution >= 0.6 is 0 Å². The molecule has 0 bridgehead atoms. The molecule has 15 heavy (non-hydrogen) atoms. The molecule has 4 heteroatoms. The van der Waals surface area contributed by atoms with Crippen molar-refractivity contribution in [1.82, 2.24) is 0 Å². The molecule has 0 aliphatic carbocycles. The molecule has 0 aliphatic rings. The minimum absolute atomic E-state index is 0.0602. The maximum atomic E-state index is 10.6. The van der Waals surface area contributed by atoms with Gasteiger partial charge in [0.15, 0.2) is 0 Å². The van der Waals surface area contributed by atoms with Crippen molar-refractivity contribution in [2.24, 2.45) is 0 Å². The fourth-order valence-corrected chi connectivity index (χ4v) is 3.56. The summed E-state index contributed by atoms with van der Waals surface area (Å²) in [5, 5.41) is 8.73. The zero-order valence-corrected chi connectivity index (χ0v) is 11.5. The van der Waals surface area contributed by atoms with E-state index in [1.165, 1.54) is 0 Å². The first-order valence-corrected chi connectivity index (χ1v) is 8.87. The average Bonchev–Trinajstić information content (AvgIpc) is 2.11. The molecule has 1 unspecified atom stereocenters. The van der Waals surface area contributed by atoms with Crippen LogP contribution in [0, 0.1) is 0 Å². The standard InChI is InChI=1S/C11H24O3Si/c1-6-7-8-10(14-11(12)13)15(4,5)9(2)3/h9-10H,6-8H2,1-5H3,(H,12,13). The number of ether oxygens (including phenoxy) is 1. The molecule has 0 spiro atoms. The first-order chi connectivity index (χ1) is 6.82. The Balaban J connectivity index is 4.52. The zero-order chi connectivity index (χ0) is 12.1. The van der Waals surface area contributed by atoms with Crippen molar-refractivity contribution in [3.63, 3.8) is 0 Å². The Bertz CT molecular complexity index is 202. The third-order valence-corrected chi connectivity index (χ3v) is 8.42. The molecule has 1 atom stereocenters. The molecule has 0 aromatic heterocycles. The molecule has 0 saturated carbocycles. The van der Waals surface area contributed by atoms with Gasteiger partial charge in [0.25, 0.3) is 0 Å². The van der Waals surface area contributed by atoms with Crippen molar-refractivity contribution >= 4 is 14.2 Å². The Kier molecular flexibility index (Phi) is 5.94. The van der Waals surface area contributed by atoms with Crippen LogP contribution in [0.3, 0.4) is 0 Å². The minimum atomic E-state index is -1.61. The van der Waals surface area contributed by atoms with E-state index >= 15 is 0 Å². The molecule has 0 radical (unpaired) electrons. The SMILES string of the molecule is CCCCC(OC(=O)O)[Si](C)(C)C(C)C. The summed E-state index contributed by atoms with van der Waals surface area (Å²) in [5.74, 6) is 0. The predicted octanol–water partition coefficient (Wildman–Crippen LogP) is 3.90. The monoisotopic (exact) mass is 232 g/mol. The van der Waals surface area contributed by atoms with E-state index in [2.05, 4.69) is 33.9 Å². The molecular formula is C11H24O3Si. The van der Waals surface area contributed by atoms with Crippen LogP contribution in [0.5, 0.6) is 0 Å². The smallest absolute Gasteiger partial charge is 0.450 e.